The molecule has 2 heterocycles. The van der Waals surface area contributed by atoms with Crippen molar-refractivity contribution >= 4 is 5.91 Å². The predicted octanol–water partition coefficient (Wildman–Crippen LogP) is 3.49. The number of carbonyl (C=O) groups is 1. The fraction of sp³-hybridized carbons (Fsp3) is 0.500. The second kappa shape index (κ2) is 10.4. The van der Waals surface area contributed by atoms with Crippen molar-refractivity contribution in [1.29, 1.82) is 0 Å². The molecule has 0 aromatic heterocycles. The minimum atomic E-state index is 0.0508. The summed E-state index contributed by atoms with van der Waals surface area (Å²) in [4.78, 5) is 20.1. The van der Waals surface area contributed by atoms with E-state index in [1.165, 1.54) is 11.1 Å². The molecule has 2 saturated heterocycles. The largest absolute Gasteiger partial charge is 0.497 e. The average Bonchev–Trinajstić information content (AvgIpc) is 3.31. The lowest BCUT2D eigenvalue weighted by Gasteiger charge is -2.36. The Labute approximate surface area is 191 Å². The van der Waals surface area contributed by atoms with Gasteiger partial charge >= 0.3 is 0 Å². The van der Waals surface area contributed by atoms with Gasteiger partial charge in [-0.25, -0.2) is 0 Å². The van der Waals surface area contributed by atoms with Crippen LogP contribution < -0.4 is 9.47 Å². The molecule has 6 heteroatoms. The molecule has 1 unspecified atom stereocenters. The molecule has 0 bridgehead atoms. The van der Waals surface area contributed by atoms with Crippen molar-refractivity contribution in [3.63, 3.8) is 0 Å². The molecule has 2 fully saturated rings. The Morgan fingerprint density at radius 3 is 2.44 bits per heavy atom. The zero-order valence-corrected chi connectivity index (χ0v) is 19.5. The third kappa shape index (κ3) is 5.08. The van der Waals surface area contributed by atoms with Crippen LogP contribution in [0.5, 0.6) is 11.5 Å². The van der Waals surface area contributed by atoms with Gasteiger partial charge in [-0.2, -0.15) is 0 Å². The van der Waals surface area contributed by atoms with E-state index in [0.717, 1.165) is 69.2 Å². The van der Waals surface area contributed by atoms with Crippen molar-refractivity contribution < 1.29 is 14.3 Å². The first-order valence-corrected chi connectivity index (χ1v) is 11.6. The fourth-order valence-electron chi connectivity index (χ4n) is 4.90. The van der Waals surface area contributed by atoms with E-state index in [2.05, 4.69) is 41.0 Å². The van der Waals surface area contributed by atoms with E-state index in [1.54, 1.807) is 14.2 Å². The Morgan fingerprint density at radius 2 is 1.72 bits per heavy atom. The van der Waals surface area contributed by atoms with E-state index in [4.69, 9.17) is 9.47 Å². The Hall–Kier alpha value is -2.57. The zero-order valence-electron chi connectivity index (χ0n) is 19.5. The van der Waals surface area contributed by atoms with Gasteiger partial charge < -0.3 is 14.4 Å². The van der Waals surface area contributed by atoms with Gasteiger partial charge in [-0.3, -0.25) is 14.6 Å². The van der Waals surface area contributed by atoms with Gasteiger partial charge in [-0.1, -0.05) is 24.3 Å². The van der Waals surface area contributed by atoms with Gasteiger partial charge in [0.2, 0.25) is 5.91 Å². The molecule has 0 spiro atoms. The number of aryl methyl sites for hydroxylation is 1. The number of amides is 1. The van der Waals surface area contributed by atoms with Crippen LogP contribution in [0.15, 0.2) is 42.5 Å². The number of hydrogen-bond acceptors (Lipinski definition) is 5. The third-order valence-electron chi connectivity index (χ3n) is 6.85. The molecule has 0 aliphatic carbocycles. The molecule has 2 aromatic rings. The third-order valence-corrected chi connectivity index (χ3v) is 6.85. The summed E-state index contributed by atoms with van der Waals surface area (Å²) in [6.45, 7) is 8.30. The zero-order chi connectivity index (χ0) is 22.5. The lowest BCUT2D eigenvalue weighted by molar-refractivity contribution is -0.133. The molecule has 32 heavy (non-hydrogen) atoms. The van der Waals surface area contributed by atoms with Gasteiger partial charge in [0.05, 0.1) is 26.8 Å². The first kappa shape index (κ1) is 22.6. The Bertz CT molecular complexity index is 924. The molecule has 2 aliphatic rings. The monoisotopic (exact) mass is 437 g/mol. The quantitative estimate of drug-likeness (QED) is 0.664. The average molecular weight is 438 g/mol. The van der Waals surface area contributed by atoms with Crippen molar-refractivity contribution in [3.8, 4) is 11.5 Å². The van der Waals surface area contributed by atoms with Crippen molar-refractivity contribution in [1.82, 2.24) is 14.7 Å². The first-order chi connectivity index (χ1) is 15.6. The molecule has 0 radical (unpaired) electrons. The van der Waals surface area contributed by atoms with Gasteiger partial charge in [0.25, 0.3) is 0 Å². The summed E-state index contributed by atoms with van der Waals surface area (Å²) >= 11 is 0. The summed E-state index contributed by atoms with van der Waals surface area (Å²) < 4.78 is 11.0. The van der Waals surface area contributed by atoms with E-state index in [0.29, 0.717) is 6.54 Å². The van der Waals surface area contributed by atoms with Gasteiger partial charge in [0.15, 0.2) is 0 Å². The van der Waals surface area contributed by atoms with E-state index in [-0.39, 0.29) is 11.9 Å². The molecular weight excluding hydrogens is 402 g/mol. The molecule has 0 N–H and O–H groups in total. The van der Waals surface area contributed by atoms with Crippen LogP contribution >= 0.6 is 0 Å². The maximum absolute atomic E-state index is 13.3. The topological polar surface area (TPSA) is 45.3 Å². The van der Waals surface area contributed by atoms with Gasteiger partial charge in [-0.05, 0) is 49.1 Å². The van der Waals surface area contributed by atoms with Crippen LogP contribution in [0.25, 0.3) is 0 Å². The van der Waals surface area contributed by atoms with Crippen LogP contribution in [0.2, 0.25) is 0 Å². The minimum Gasteiger partial charge on any atom is -0.497 e. The summed E-state index contributed by atoms with van der Waals surface area (Å²) in [6, 6.07) is 14.5. The maximum Gasteiger partial charge on any atom is 0.237 e. The van der Waals surface area contributed by atoms with Crippen molar-refractivity contribution in [2.75, 3.05) is 53.5 Å². The van der Waals surface area contributed by atoms with Crippen LogP contribution in [-0.2, 0) is 11.3 Å². The molecule has 1 atom stereocenters. The summed E-state index contributed by atoms with van der Waals surface area (Å²) in [5.41, 5.74) is 3.78. The predicted molar refractivity (Wildman–Crippen MR) is 126 cm³/mol. The summed E-state index contributed by atoms with van der Waals surface area (Å²) in [5.74, 6) is 1.83. The SMILES string of the molecule is COc1ccc(OC)c(C2CCCN2C(=O)CN2CCN(Cc3ccccc3C)CC2)c1. The number of ether oxygens (including phenoxy) is 2. The Kier molecular flexibility index (Phi) is 7.33. The van der Waals surface area contributed by atoms with Crippen LogP contribution in [0.4, 0.5) is 0 Å². The van der Waals surface area contributed by atoms with E-state index in [9.17, 15) is 4.79 Å². The van der Waals surface area contributed by atoms with Crippen molar-refractivity contribution in [2.24, 2.45) is 0 Å². The van der Waals surface area contributed by atoms with E-state index >= 15 is 0 Å². The molecule has 2 aliphatic heterocycles. The summed E-state index contributed by atoms with van der Waals surface area (Å²) in [6.07, 6.45) is 1.97. The highest BCUT2D eigenvalue weighted by molar-refractivity contribution is 5.79. The van der Waals surface area contributed by atoms with Gasteiger partial charge in [0, 0.05) is 44.8 Å². The number of hydrogen-bond donors (Lipinski definition) is 0. The summed E-state index contributed by atoms with van der Waals surface area (Å²) in [7, 11) is 3.35. The van der Waals surface area contributed by atoms with Crippen LogP contribution in [0.3, 0.4) is 0 Å². The van der Waals surface area contributed by atoms with Gasteiger partial charge in [-0.15, -0.1) is 0 Å². The smallest absolute Gasteiger partial charge is 0.237 e. The van der Waals surface area contributed by atoms with Crippen molar-refractivity contribution in [2.45, 2.75) is 32.4 Å². The number of nitrogens with zero attached hydrogens (tertiary/aromatic N) is 3. The van der Waals surface area contributed by atoms with E-state index < -0.39 is 0 Å². The number of piperazine rings is 1. The maximum atomic E-state index is 13.3. The lowest BCUT2D eigenvalue weighted by atomic mass is 10.0. The molecular formula is C26H35N3O3. The minimum absolute atomic E-state index is 0.0508. The molecule has 6 nitrogen and oxygen atoms in total. The molecule has 4 rings (SSSR count). The first-order valence-electron chi connectivity index (χ1n) is 11.6. The molecule has 172 valence electrons. The second-order valence-electron chi connectivity index (χ2n) is 8.83. The molecule has 1 amide bonds. The highest BCUT2D eigenvalue weighted by Gasteiger charge is 2.33. The lowest BCUT2D eigenvalue weighted by Crippen LogP contribution is -2.49. The normalized spacial score (nSPS) is 19.8. The van der Waals surface area contributed by atoms with Crippen molar-refractivity contribution in [3.05, 3.63) is 59.2 Å². The number of likely N-dealkylation sites (tertiary alicyclic amines) is 1. The summed E-state index contributed by atoms with van der Waals surface area (Å²) in [5, 5.41) is 0. The highest BCUT2D eigenvalue weighted by atomic mass is 16.5. The molecule has 2 aromatic carbocycles. The Morgan fingerprint density at radius 1 is 0.969 bits per heavy atom. The van der Waals surface area contributed by atoms with E-state index in [1.807, 2.05) is 23.1 Å². The number of methoxy groups -OCH3 is 2. The number of rotatable bonds is 7. The standard InChI is InChI=1S/C26H35N3O3/c1-20-7-4-5-8-21(20)18-27-13-15-28(16-14-27)19-26(30)29-12-6-9-24(29)23-17-22(31-2)10-11-25(23)32-3/h4-5,7-8,10-11,17,24H,6,9,12-16,18-19H2,1-3H3. The molecule has 0 saturated carbocycles. The second-order valence-corrected chi connectivity index (χ2v) is 8.83. The van der Waals surface area contributed by atoms with Crippen LogP contribution in [0, 0.1) is 6.92 Å². The van der Waals surface area contributed by atoms with Crippen LogP contribution in [-0.4, -0.2) is 74.1 Å². The van der Waals surface area contributed by atoms with Crippen LogP contribution in [0.1, 0.15) is 35.6 Å². The number of benzene rings is 2. The highest BCUT2D eigenvalue weighted by Crippen LogP contribution is 2.39. The Balaban J connectivity index is 1.35. The van der Waals surface area contributed by atoms with Gasteiger partial charge in [0.1, 0.15) is 11.5 Å². The fourth-order valence-corrected chi connectivity index (χ4v) is 4.90. The number of carbonyl (C=O) groups excluding carboxylic acids is 1.